The average Bonchev–Trinajstić information content (AvgIpc) is 3.22. The normalized spacial score (nSPS) is 22.0. The number of rotatable bonds is 27. The molecule has 4 unspecified atom stereocenters. The topological polar surface area (TPSA) is 118 Å². The lowest BCUT2D eigenvalue weighted by molar-refractivity contribution is -0.208. The minimum absolute atomic E-state index is 0.0969. The van der Waals surface area contributed by atoms with E-state index in [2.05, 4.69) is 13.8 Å². The first kappa shape index (κ1) is 43.8. The van der Waals surface area contributed by atoms with Gasteiger partial charge in [0.15, 0.2) is 22.8 Å². The van der Waals surface area contributed by atoms with E-state index in [0.29, 0.717) is 35.5 Å². The molecule has 0 radical (unpaired) electrons. The Morgan fingerprint density at radius 1 is 0.500 bits per heavy atom. The molecular formula is C46H66O8. The molecule has 298 valence electrons. The third-order valence-electron chi connectivity index (χ3n) is 10.6. The summed E-state index contributed by atoms with van der Waals surface area (Å²) < 4.78 is 25.0. The fraction of sp³-hybridized carbons (Fsp3) is 0.565. The SMILES string of the molecule is CCCCCCCCOC1(OCCO)C=CC(C(O)(c2ccccc2)C(O)(C2=CCC(OCCO)(OCCCCCCCC)C=C2)c2ccccc2)=CC1. The van der Waals surface area contributed by atoms with Crippen molar-refractivity contribution in [2.24, 2.45) is 0 Å². The second-order valence-corrected chi connectivity index (χ2v) is 14.5. The van der Waals surface area contributed by atoms with Gasteiger partial charge in [-0.1, -0.05) is 163 Å². The first-order valence-corrected chi connectivity index (χ1v) is 20.5. The van der Waals surface area contributed by atoms with Gasteiger partial charge in [0, 0.05) is 12.8 Å². The molecule has 0 saturated heterocycles. The van der Waals surface area contributed by atoms with Gasteiger partial charge in [0.1, 0.15) is 0 Å². The fourth-order valence-corrected chi connectivity index (χ4v) is 7.48. The molecule has 8 nitrogen and oxygen atoms in total. The van der Waals surface area contributed by atoms with Crippen LogP contribution in [-0.2, 0) is 30.1 Å². The maximum atomic E-state index is 13.4. The van der Waals surface area contributed by atoms with E-state index < -0.39 is 22.8 Å². The van der Waals surface area contributed by atoms with Crippen molar-refractivity contribution in [3.8, 4) is 0 Å². The van der Waals surface area contributed by atoms with Crippen LogP contribution in [-0.4, -0.2) is 71.6 Å². The van der Waals surface area contributed by atoms with Crippen LogP contribution in [0.15, 0.2) is 108 Å². The fourth-order valence-electron chi connectivity index (χ4n) is 7.48. The van der Waals surface area contributed by atoms with Crippen LogP contribution in [0.25, 0.3) is 0 Å². The summed E-state index contributed by atoms with van der Waals surface area (Å²) in [5, 5.41) is 46.1. The van der Waals surface area contributed by atoms with E-state index in [4.69, 9.17) is 18.9 Å². The lowest BCUT2D eigenvalue weighted by Gasteiger charge is -2.48. The van der Waals surface area contributed by atoms with E-state index in [-0.39, 0.29) is 39.3 Å². The summed E-state index contributed by atoms with van der Waals surface area (Å²) >= 11 is 0. The van der Waals surface area contributed by atoms with Crippen LogP contribution in [0.3, 0.4) is 0 Å². The lowest BCUT2D eigenvalue weighted by Crippen LogP contribution is -2.53. The summed E-state index contributed by atoms with van der Waals surface area (Å²) in [6, 6.07) is 18.5. The van der Waals surface area contributed by atoms with Gasteiger partial charge in [-0.3, -0.25) is 0 Å². The molecule has 0 heterocycles. The molecule has 0 bridgehead atoms. The highest BCUT2D eigenvalue weighted by atomic mass is 16.7. The molecule has 2 aromatic carbocycles. The van der Waals surface area contributed by atoms with Crippen LogP contribution in [0.1, 0.15) is 115 Å². The number of aliphatic hydroxyl groups excluding tert-OH is 2. The van der Waals surface area contributed by atoms with Crippen LogP contribution in [0.5, 0.6) is 0 Å². The van der Waals surface area contributed by atoms with E-state index in [0.717, 1.165) is 38.5 Å². The summed E-state index contributed by atoms with van der Waals surface area (Å²) in [5.74, 6) is -2.22. The zero-order chi connectivity index (χ0) is 38.6. The van der Waals surface area contributed by atoms with E-state index in [9.17, 15) is 20.4 Å². The van der Waals surface area contributed by atoms with Crippen molar-refractivity contribution in [2.75, 3.05) is 39.6 Å². The van der Waals surface area contributed by atoms with Crippen molar-refractivity contribution < 1.29 is 39.4 Å². The van der Waals surface area contributed by atoms with Gasteiger partial charge >= 0.3 is 0 Å². The minimum atomic E-state index is -1.98. The van der Waals surface area contributed by atoms with Crippen LogP contribution >= 0.6 is 0 Å². The molecule has 0 fully saturated rings. The van der Waals surface area contributed by atoms with Gasteiger partial charge in [0.05, 0.1) is 39.6 Å². The van der Waals surface area contributed by atoms with Crippen molar-refractivity contribution in [2.45, 2.75) is 127 Å². The van der Waals surface area contributed by atoms with Crippen LogP contribution in [0.2, 0.25) is 0 Å². The zero-order valence-corrected chi connectivity index (χ0v) is 32.8. The Morgan fingerprint density at radius 2 is 0.852 bits per heavy atom. The third kappa shape index (κ3) is 11.3. The van der Waals surface area contributed by atoms with Gasteiger partial charge < -0.3 is 39.4 Å². The zero-order valence-electron chi connectivity index (χ0n) is 32.8. The van der Waals surface area contributed by atoms with E-state index in [1.54, 1.807) is 12.2 Å². The quantitative estimate of drug-likeness (QED) is 0.0530. The number of ether oxygens (including phenoxy) is 4. The van der Waals surface area contributed by atoms with Crippen molar-refractivity contribution >= 4 is 0 Å². The molecule has 54 heavy (non-hydrogen) atoms. The summed E-state index contributed by atoms with van der Waals surface area (Å²) in [6.45, 7) is 5.31. The first-order chi connectivity index (χ1) is 26.3. The highest BCUT2D eigenvalue weighted by Gasteiger charge is 2.56. The second kappa shape index (κ2) is 22.6. The molecule has 8 heteroatoms. The van der Waals surface area contributed by atoms with Gasteiger partial charge in [-0.05, 0) is 47.3 Å². The van der Waals surface area contributed by atoms with Gasteiger partial charge in [0.2, 0.25) is 0 Å². The van der Waals surface area contributed by atoms with Crippen LogP contribution < -0.4 is 0 Å². The Bertz CT molecular complexity index is 1360. The van der Waals surface area contributed by atoms with Crippen molar-refractivity contribution in [1.82, 2.24) is 0 Å². The van der Waals surface area contributed by atoms with Crippen LogP contribution in [0.4, 0.5) is 0 Å². The van der Waals surface area contributed by atoms with Gasteiger partial charge in [0.25, 0.3) is 0 Å². The molecule has 0 aromatic heterocycles. The Balaban J connectivity index is 1.68. The van der Waals surface area contributed by atoms with Gasteiger partial charge in [-0.15, -0.1) is 0 Å². The number of hydrogen-bond donors (Lipinski definition) is 4. The number of unbranched alkanes of at least 4 members (excludes halogenated alkanes) is 10. The number of benzene rings is 2. The van der Waals surface area contributed by atoms with Crippen molar-refractivity contribution in [3.63, 3.8) is 0 Å². The minimum Gasteiger partial charge on any atom is -0.394 e. The van der Waals surface area contributed by atoms with Crippen molar-refractivity contribution in [1.29, 1.82) is 0 Å². The summed E-state index contributed by atoms with van der Waals surface area (Å²) in [7, 11) is 0. The predicted molar refractivity (Wildman–Crippen MR) is 215 cm³/mol. The molecule has 4 N–H and O–H groups in total. The average molecular weight is 747 g/mol. The molecule has 4 atom stereocenters. The smallest absolute Gasteiger partial charge is 0.191 e. The molecule has 2 aromatic rings. The maximum Gasteiger partial charge on any atom is 0.191 e. The monoisotopic (exact) mass is 746 g/mol. The van der Waals surface area contributed by atoms with E-state index in [1.165, 1.54) is 38.5 Å². The lowest BCUT2D eigenvalue weighted by atomic mass is 9.64. The predicted octanol–water partition coefficient (Wildman–Crippen LogP) is 8.70. The van der Waals surface area contributed by atoms with Gasteiger partial charge in [-0.2, -0.15) is 0 Å². The maximum absolute atomic E-state index is 13.4. The first-order valence-electron chi connectivity index (χ1n) is 20.5. The molecule has 2 aliphatic rings. The Morgan fingerprint density at radius 3 is 1.19 bits per heavy atom. The van der Waals surface area contributed by atoms with Gasteiger partial charge in [-0.25, -0.2) is 0 Å². The molecular weight excluding hydrogens is 680 g/mol. The Kier molecular flexibility index (Phi) is 18.3. The molecule has 2 aliphatic carbocycles. The largest absolute Gasteiger partial charge is 0.394 e. The Hall–Kier alpha value is -2.92. The highest BCUT2D eigenvalue weighted by Crippen LogP contribution is 2.53. The second-order valence-electron chi connectivity index (χ2n) is 14.5. The van der Waals surface area contributed by atoms with E-state index in [1.807, 2.05) is 85.0 Å². The number of aliphatic hydroxyl groups is 4. The number of hydrogen-bond acceptors (Lipinski definition) is 8. The summed E-state index contributed by atoms with van der Waals surface area (Å²) in [4.78, 5) is 0. The third-order valence-corrected chi connectivity index (χ3v) is 10.6. The highest BCUT2D eigenvalue weighted by molar-refractivity contribution is 5.54. The molecule has 0 aliphatic heterocycles. The summed E-state index contributed by atoms with van der Waals surface area (Å²) in [5.41, 5.74) is -1.98. The van der Waals surface area contributed by atoms with Crippen LogP contribution in [0, 0.1) is 0 Å². The summed E-state index contributed by atoms with van der Waals surface area (Å²) in [6.07, 6.45) is 25.0. The van der Waals surface area contributed by atoms with Crippen molar-refractivity contribution in [3.05, 3.63) is 119 Å². The standard InChI is InChI=1S/C46H66O8/c1-3-5-7-9-11-19-35-51-43(53-37-33-47)29-25-41(26-30-43)45(49,39-21-15-13-16-22-39)46(50,40-23-17-14-18-24-40)42-27-31-44(32-28-42,54-38-34-48)52-36-20-12-10-8-6-4-2/h13-18,21-29,31,47-50H,3-12,19-20,30,32-38H2,1-2H3. The molecule has 4 rings (SSSR count). The Labute approximate surface area is 324 Å². The molecule has 0 saturated carbocycles. The molecule has 0 spiro atoms. The van der Waals surface area contributed by atoms with E-state index >= 15 is 0 Å². The molecule has 0 amide bonds.